The molecule has 0 aromatic heterocycles. The van der Waals surface area contributed by atoms with E-state index in [0.29, 0.717) is 17.8 Å². The molecular weight excluding hydrogens is 381 g/mol. The van der Waals surface area contributed by atoms with Gasteiger partial charge in [-0.1, -0.05) is 22.0 Å². The number of benzene rings is 2. The number of rotatable bonds is 6. The van der Waals surface area contributed by atoms with E-state index in [4.69, 9.17) is 5.11 Å². The van der Waals surface area contributed by atoms with Crippen molar-refractivity contribution in [3.05, 3.63) is 52.3 Å². The molecule has 2 amide bonds. The van der Waals surface area contributed by atoms with Crippen molar-refractivity contribution in [3.63, 3.8) is 0 Å². The first kappa shape index (κ1) is 18.2. The Kier molecular flexibility index (Phi) is 6.53. The summed E-state index contributed by atoms with van der Waals surface area (Å²) in [6.07, 6.45) is 0. The molecule has 128 valence electrons. The summed E-state index contributed by atoms with van der Waals surface area (Å²) in [7, 11) is 0. The second-order valence-electron chi connectivity index (χ2n) is 4.92. The number of urea groups is 1. The number of amides is 2. The highest BCUT2D eigenvalue weighted by atomic mass is 79.9. The minimum atomic E-state index is -0.568. The van der Waals surface area contributed by atoms with E-state index in [1.54, 1.807) is 18.2 Å². The predicted octanol–water partition coefficient (Wildman–Crippen LogP) is 3.13. The van der Waals surface area contributed by atoms with Crippen molar-refractivity contribution in [2.45, 2.75) is 6.61 Å². The smallest absolute Gasteiger partial charge is 0.323 e. The van der Waals surface area contributed by atoms with E-state index >= 15 is 0 Å². The maximum atomic E-state index is 13.3. The Labute approximate surface area is 146 Å². The summed E-state index contributed by atoms with van der Waals surface area (Å²) in [5.41, 5.74) is 1.83. The SMILES string of the molecule is O=C(Nc1cc(Br)cc(NCCO)c1)Nc1cc(F)ccc1CO. The van der Waals surface area contributed by atoms with Crippen molar-refractivity contribution in [3.8, 4) is 0 Å². The average molecular weight is 398 g/mol. The molecule has 0 unspecified atom stereocenters. The lowest BCUT2D eigenvalue weighted by Gasteiger charge is -2.12. The van der Waals surface area contributed by atoms with E-state index in [-0.39, 0.29) is 18.9 Å². The van der Waals surface area contributed by atoms with Crippen LogP contribution in [0.15, 0.2) is 40.9 Å². The van der Waals surface area contributed by atoms with Gasteiger partial charge in [0.2, 0.25) is 0 Å². The Morgan fingerprint density at radius 2 is 1.83 bits per heavy atom. The van der Waals surface area contributed by atoms with E-state index in [2.05, 4.69) is 31.9 Å². The molecule has 6 nitrogen and oxygen atoms in total. The van der Waals surface area contributed by atoms with Gasteiger partial charge >= 0.3 is 6.03 Å². The molecule has 24 heavy (non-hydrogen) atoms. The third-order valence-electron chi connectivity index (χ3n) is 3.09. The molecule has 0 aliphatic carbocycles. The summed E-state index contributed by atoms with van der Waals surface area (Å²) in [4.78, 5) is 12.1. The minimum Gasteiger partial charge on any atom is -0.395 e. The van der Waals surface area contributed by atoms with Crippen LogP contribution in [-0.2, 0) is 6.61 Å². The largest absolute Gasteiger partial charge is 0.395 e. The summed E-state index contributed by atoms with van der Waals surface area (Å²) in [5, 5.41) is 26.2. The summed E-state index contributed by atoms with van der Waals surface area (Å²) < 4.78 is 14.0. The highest BCUT2D eigenvalue weighted by Gasteiger charge is 2.09. The number of hydrogen-bond acceptors (Lipinski definition) is 4. The zero-order chi connectivity index (χ0) is 17.5. The quantitative estimate of drug-likeness (QED) is 0.517. The molecule has 2 aromatic rings. The molecule has 0 radical (unpaired) electrons. The van der Waals surface area contributed by atoms with Crippen LogP contribution in [0.1, 0.15) is 5.56 Å². The molecular formula is C16H17BrFN3O3. The van der Waals surface area contributed by atoms with E-state index in [9.17, 15) is 14.3 Å². The van der Waals surface area contributed by atoms with Crippen LogP contribution in [0.4, 0.5) is 26.2 Å². The number of halogens is 2. The second kappa shape index (κ2) is 8.62. The van der Waals surface area contributed by atoms with Crippen LogP contribution in [0.5, 0.6) is 0 Å². The van der Waals surface area contributed by atoms with Gasteiger partial charge in [0.05, 0.1) is 18.9 Å². The summed E-state index contributed by atoms with van der Waals surface area (Å²) in [6.45, 7) is 0.0481. The second-order valence-corrected chi connectivity index (χ2v) is 5.83. The van der Waals surface area contributed by atoms with Gasteiger partial charge in [0.1, 0.15) is 5.82 Å². The number of aliphatic hydroxyl groups excluding tert-OH is 2. The van der Waals surface area contributed by atoms with Gasteiger partial charge in [0.25, 0.3) is 0 Å². The molecule has 0 atom stereocenters. The highest BCUT2D eigenvalue weighted by molar-refractivity contribution is 9.10. The van der Waals surface area contributed by atoms with Crippen LogP contribution in [0.25, 0.3) is 0 Å². The molecule has 0 saturated carbocycles. The fourth-order valence-electron chi connectivity index (χ4n) is 2.05. The number of aliphatic hydroxyl groups is 2. The van der Waals surface area contributed by atoms with Gasteiger partial charge < -0.3 is 26.2 Å². The Hall–Kier alpha value is -2.16. The number of carbonyl (C=O) groups is 1. The number of anilines is 3. The molecule has 8 heteroatoms. The zero-order valence-corrected chi connectivity index (χ0v) is 14.2. The first-order chi connectivity index (χ1) is 11.5. The average Bonchev–Trinajstić information content (AvgIpc) is 2.52. The van der Waals surface area contributed by atoms with Crippen molar-refractivity contribution in [2.75, 3.05) is 29.1 Å². The van der Waals surface area contributed by atoms with Gasteiger partial charge in [0.15, 0.2) is 0 Å². The monoisotopic (exact) mass is 397 g/mol. The molecule has 0 aliphatic rings. The van der Waals surface area contributed by atoms with Gasteiger partial charge in [0, 0.05) is 28.0 Å². The predicted molar refractivity (Wildman–Crippen MR) is 94.7 cm³/mol. The standard InChI is InChI=1S/C16H17BrFN3O3/c17-11-5-13(19-3-4-22)8-14(6-11)20-16(24)21-15-7-12(18)2-1-10(15)9-23/h1-2,5-8,19,22-23H,3-4,9H2,(H2,20,21,24). The molecule has 0 bridgehead atoms. The Balaban J connectivity index is 2.10. The molecule has 0 saturated heterocycles. The van der Waals surface area contributed by atoms with Crippen molar-refractivity contribution in [2.24, 2.45) is 0 Å². The van der Waals surface area contributed by atoms with Gasteiger partial charge in [-0.2, -0.15) is 0 Å². The third-order valence-corrected chi connectivity index (χ3v) is 3.54. The Bertz CT molecular complexity index is 728. The van der Waals surface area contributed by atoms with Crippen molar-refractivity contribution in [1.29, 1.82) is 0 Å². The van der Waals surface area contributed by atoms with Gasteiger partial charge in [-0.25, -0.2) is 9.18 Å². The summed E-state index contributed by atoms with van der Waals surface area (Å²) >= 11 is 3.34. The molecule has 0 heterocycles. The van der Waals surface area contributed by atoms with Crippen molar-refractivity contribution in [1.82, 2.24) is 0 Å². The lowest BCUT2D eigenvalue weighted by molar-refractivity contribution is 0.262. The fraction of sp³-hybridized carbons (Fsp3) is 0.188. The maximum absolute atomic E-state index is 13.3. The number of carbonyl (C=O) groups excluding carboxylic acids is 1. The summed E-state index contributed by atoms with van der Waals surface area (Å²) in [6, 6.07) is 8.38. The Morgan fingerprint density at radius 3 is 2.54 bits per heavy atom. The van der Waals surface area contributed by atoms with Crippen LogP contribution in [0.3, 0.4) is 0 Å². The topological polar surface area (TPSA) is 93.6 Å². The first-order valence-corrected chi connectivity index (χ1v) is 7.93. The first-order valence-electron chi connectivity index (χ1n) is 7.14. The van der Waals surface area contributed by atoms with E-state index in [0.717, 1.165) is 16.2 Å². The van der Waals surface area contributed by atoms with Crippen LogP contribution >= 0.6 is 15.9 Å². The minimum absolute atomic E-state index is 0.0146. The maximum Gasteiger partial charge on any atom is 0.323 e. The Morgan fingerprint density at radius 1 is 1.08 bits per heavy atom. The molecule has 0 spiro atoms. The molecule has 2 aromatic carbocycles. The number of hydrogen-bond donors (Lipinski definition) is 5. The van der Waals surface area contributed by atoms with Crippen LogP contribution < -0.4 is 16.0 Å². The lowest BCUT2D eigenvalue weighted by Crippen LogP contribution is -2.20. The van der Waals surface area contributed by atoms with Crippen molar-refractivity contribution < 1.29 is 19.4 Å². The normalized spacial score (nSPS) is 10.3. The molecule has 5 N–H and O–H groups in total. The van der Waals surface area contributed by atoms with Gasteiger partial charge in [-0.3, -0.25) is 0 Å². The lowest BCUT2D eigenvalue weighted by atomic mass is 10.2. The fourth-order valence-corrected chi connectivity index (χ4v) is 2.54. The molecule has 0 aliphatic heterocycles. The van der Waals surface area contributed by atoms with E-state index in [1.165, 1.54) is 12.1 Å². The highest BCUT2D eigenvalue weighted by Crippen LogP contribution is 2.23. The zero-order valence-electron chi connectivity index (χ0n) is 12.6. The van der Waals surface area contributed by atoms with E-state index in [1.807, 2.05) is 0 Å². The molecule has 2 rings (SSSR count). The van der Waals surface area contributed by atoms with Crippen LogP contribution in [0, 0.1) is 5.82 Å². The summed E-state index contributed by atoms with van der Waals surface area (Å²) in [5.74, 6) is -0.513. The molecule has 0 fully saturated rings. The third kappa shape index (κ3) is 5.19. The van der Waals surface area contributed by atoms with Gasteiger partial charge in [-0.15, -0.1) is 0 Å². The van der Waals surface area contributed by atoms with Gasteiger partial charge in [-0.05, 0) is 30.3 Å². The van der Waals surface area contributed by atoms with Crippen LogP contribution in [0.2, 0.25) is 0 Å². The number of nitrogens with one attached hydrogen (secondary N) is 3. The van der Waals surface area contributed by atoms with Crippen molar-refractivity contribution >= 4 is 39.0 Å². The van der Waals surface area contributed by atoms with Crippen LogP contribution in [-0.4, -0.2) is 29.4 Å². The van der Waals surface area contributed by atoms with E-state index < -0.39 is 11.8 Å².